The van der Waals surface area contributed by atoms with Crippen LogP contribution in [-0.2, 0) is 0 Å². The van der Waals surface area contributed by atoms with Gasteiger partial charge in [-0.1, -0.05) is 0 Å². The molecule has 0 saturated heterocycles. The van der Waals surface area contributed by atoms with Gasteiger partial charge in [0.2, 0.25) is 16.3 Å². The highest BCUT2D eigenvalue weighted by Crippen LogP contribution is 2.23. The van der Waals surface area contributed by atoms with Crippen molar-refractivity contribution in [3.05, 3.63) is 5.82 Å². The molecule has 2 aromatic heterocycles. The van der Waals surface area contributed by atoms with E-state index >= 15 is 0 Å². The zero-order valence-electron chi connectivity index (χ0n) is 11.8. The number of hydrogen-bond donors (Lipinski definition) is 2. The van der Waals surface area contributed by atoms with E-state index in [9.17, 15) is 0 Å². The van der Waals surface area contributed by atoms with Gasteiger partial charge < -0.3 is 10.1 Å². The number of nitrogens with zero attached hydrogens (tertiary/aromatic N) is 5. The van der Waals surface area contributed by atoms with Crippen molar-refractivity contribution in [2.75, 3.05) is 11.9 Å². The minimum Gasteiger partial charge on any atom is -0.461 e. The Morgan fingerprint density at radius 3 is 2.60 bits per heavy atom. The van der Waals surface area contributed by atoms with Gasteiger partial charge >= 0.3 is 6.01 Å². The van der Waals surface area contributed by atoms with E-state index in [1.165, 1.54) is 11.8 Å². The Kier molecular flexibility index (Phi) is 4.72. The van der Waals surface area contributed by atoms with E-state index < -0.39 is 0 Å². The monoisotopic (exact) mass is 295 g/mol. The highest BCUT2D eigenvalue weighted by atomic mass is 32.2. The van der Waals surface area contributed by atoms with E-state index in [4.69, 9.17) is 4.74 Å². The van der Waals surface area contributed by atoms with E-state index in [2.05, 4.69) is 35.5 Å². The fourth-order valence-electron chi connectivity index (χ4n) is 1.33. The Morgan fingerprint density at radius 1 is 1.20 bits per heavy atom. The first-order valence-corrected chi connectivity index (χ1v) is 7.12. The Bertz CT molecular complexity index is 572. The second-order valence-corrected chi connectivity index (χ2v) is 5.16. The van der Waals surface area contributed by atoms with Gasteiger partial charge in [0.15, 0.2) is 0 Å². The van der Waals surface area contributed by atoms with Gasteiger partial charge in [-0.25, -0.2) is 4.98 Å². The van der Waals surface area contributed by atoms with Crippen LogP contribution in [0.5, 0.6) is 6.01 Å². The lowest BCUT2D eigenvalue weighted by Crippen LogP contribution is -2.12. The fourth-order valence-corrected chi connectivity index (χ4v) is 2.03. The summed E-state index contributed by atoms with van der Waals surface area (Å²) in [6.45, 7) is 8.36. The van der Waals surface area contributed by atoms with Crippen molar-refractivity contribution in [1.82, 2.24) is 30.1 Å². The molecule has 0 bridgehead atoms. The predicted molar refractivity (Wildman–Crippen MR) is 75.0 cm³/mol. The summed E-state index contributed by atoms with van der Waals surface area (Å²) in [5, 5.41) is 10.9. The lowest BCUT2D eigenvalue weighted by molar-refractivity contribution is 0.219. The lowest BCUT2D eigenvalue weighted by atomic mass is 10.5. The molecule has 2 heterocycles. The zero-order chi connectivity index (χ0) is 14.5. The third-order valence-electron chi connectivity index (χ3n) is 2.03. The normalized spacial score (nSPS) is 10.8. The van der Waals surface area contributed by atoms with Crippen LogP contribution in [0, 0.1) is 6.92 Å². The van der Waals surface area contributed by atoms with Crippen LogP contribution in [0.1, 0.15) is 26.6 Å². The summed E-state index contributed by atoms with van der Waals surface area (Å²) in [5.74, 6) is 1.22. The largest absolute Gasteiger partial charge is 0.461 e. The van der Waals surface area contributed by atoms with Crippen molar-refractivity contribution in [2.24, 2.45) is 0 Å². The van der Waals surface area contributed by atoms with Crippen LogP contribution < -0.4 is 10.1 Å². The Morgan fingerprint density at radius 2 is 2.00 bits per heavy atom. The summed E-state index contributed by atoms with van der Waals surface area (Å²) in [4.78, 5) is 16.9. The van der Waals surface area contributed by atoms with Crippen LogP contribution in [0.15, 0.2) is 10.3 Å². The van der Waals surface area contributed by atoms with E-state index in [0.29, 0.717) is 22.3 Å². The zero-order valence-corrected chi connectivity index (χ0v) is 12.7. The number of nitrogens with one attached hydrogen (secondary N) is 2. The molecule has 0 amide bonds. The van der Waals surface area contributed by atoms with Crippen molar-refractivity contribution in [3.8, 4) is 6.01 Å². The average Bonchev–Trinajstić information content (AvgIpc) is 2.74. The smallest absolute Gasteiger partial charge is 0.322 e. The van der Waals surface area contributed by atoms with Gasteiger partial charge in [-0.15, -0.1) is 5.10 Å². The Labute approximate surface area is 121 Å². The summed E-state index contributed by atoms with van der Waals surface area (Å²) >= 11 is 1.25. The predicted octanol–water partition coefficient (Wildman–Crippen LogP) is 1.67. The first kappa shape index (κ1) is 14.5. The quantitative estimate of drug-likeness (QED) is 0.829. The highest BCUT2D eigenvalue weighted by molar-refractivity contribution is 7.99. The van der Waals surface area contributed by atoms with Crippen LogP contribution >= 0.6 is 11.8 Å². The van der Waals surface area contributed by atoms with Crippen LogP contribution in [0.3, 0.4) is 0 Å². The van der Waals surface area contributed by atoms with Gasteiger partial charge in [-0.05, 0) is 39.5 Å². The third kappa shape index (κ3) is 4.05. The molecule has 0 spiro atoms. The first-order chi connectivity index (χ1) is 9.56. The molecule has 0 atom stereocenters. The molecule has 0 unspecified atom stereocenters. The van der Waals surface area contributed by atoms with Crippen molar-refractivity contribution in [1.29, 1.82) is 0 Å². The lowest BCUT2D eigenvalue weighted by Gasteiger charge is -2.09. The van der Waals surface area contributed by atoms with Gasteiger partial charge in [-0.2, -0.15) is 15.0 Å². The molecule has 20 heavy (non-hydrogen) atoms. The summed E-state index contributed by atoms with van der Waals surface area (Å²) in [5.41, 5.74) is 0. The molecule has 9 heteroatoms. The summed E-state index contributed by atoms with van der Waals surface area (Å²) in [6, 6.07) is 0.292. The van der Waals surface area contributed by atoms with Crippen LogP contribution in [0.4, 0.5) is 5.95 Å². The van der Waals surface area contributed by atoms with Gasteiger partial charge in [0.1, 0.15) is 5.82 Å². The number of rotatable bonds is 6. The van der Waals surface area contributed by atoms with Gasteiger partial charge in [0.25, 0.3) is 0 Å². The Hall–Kier alpha value is -1.90. The molecule has 0 aromatic carbocycles. The number of aromatic nitrogens is 6. The summed E-state index contributed by atoms with van der Waals surface area (Å²) < 4.78 is 5.52. The van der Waals surface area contributed by atoms with Crippen LogP contribution in [-0.4, -0.2) is 42.8 Å². The molecule has 2 aromatic rings. The molecule has 0 aliphatic rings. The topological polar surface area (TPSA) is 102 Å². The van der Waals surface area contributed by atoms with Crippen molar-refractivity contribution >= 4 is 17.7 Å². The second-order valence-electron chi connectivity index (χ2n) is 4.23. The number of anilines is 1. The molecule has 8 nitrogen and oxygen atoms in total. The molecule has 108 valence electrons. The van der Waals surface area contributed by atoms with Crippen molar-refractivity contribution in [3.63, 3.8) is 0 Å². The van der Waals surface area contributed by atoms with Gasteiger partial charge in [0.05, 0.1) is 6.10 Å². The molecule has 0 saturated carbocycles. The minimum atomic E-state index is -0.00419. The highest BCUT2D eigenvalue weighted by Gasteiger charge is 2.12. The SMILES string of the molecule is CCNc1nc(OC(C)C)nc(Sc2n[nH]c(C)n2)n1. The number of hydrogen-bond acceptors (Lipinski definition) is 8. The number of ether oxygens (including phenoxy) is 1. The van der Waals surface area contributed by atoms with Crippen LogP contribution in [0.25, 0.3) is 0 Å². The average molecular weight is 295 g/mol. The molecule has 0 aliphatic carbocycles. The van der Waals surface area contributed by atoms with Crippen LogP contribution in [0.2, 0.25) is 0 Å². The Balaban J connectivity index is 2.23. The molecule has 2 N–H and O–H groups in total. The van der Waals surface area contributed by atoms with E-state index in [1.54, 1.807) is 0 Å². The van der Waals surface area contributed by atoms with Crippen molar-refractivity contribution in [2.45, 2.75) is 44.1 Å². The van der Waals surface area contributed by atoms with Crippen molar-refractivity contribution < 1.29 is 4.74 Å². The maximum atomic E-state index is 5.52. The second kappa shape index (κ2) is 6.51. The molecule has 0 fully saturated rings. The molecule has 0 aliphatic heterocycles. The molecule has 2 rings (SSSR count). The van der Waals surface area contributed by atoms with E-state index in [1.807, 2.05) is 27.7 Å². The molecular weight excluding hydrogens is 278 g/mol. The minimum absolute atomic E-state index is 0.00419. The van der Waals surface area contributed by atoms with Gasteiger partial charge in [-0.3, -0.25) is 5.10 Å². The maximum Gasteiger partial charge on any atom is 0.322 e. The third-order valence-corrected chi connectivity index (χ3v) is 2.76. The summed E-state index contributed by atoms with van der Waals surface area (Å²) in [6.07, 6.45) is -0.00419. The van der Waals surface area contributed by atoms with Gasteiger partial charge in [0, 0.05) is 6.54 Å². The first-order valence-electron chi connectivity index (χ1n) is 6.30. The number of aryl methyl sites for hydroxylation is 1. The molecule has 0 radical (unpaired) electrons. The number of H-pyrrole nitrogens is 1. The maximum absolute atomic E-state index is 5.52. The summed E-state index contributed by atoms with van der Waals surface area (Å²) in [7, 11) is 0. The number of aromatic amines is 1. The van der Waals surface area contributed by atoms with E-state index in [0.717, 1.165) is 12.4 Å². The fraction of sp³-hybridized carbons (Fsp3) is 0.545. The molecular formula is C11H17N7OS. The van der Waals surface area contributed by atoms with E-state index in [-0.39, 0.29) is 6.10 Å². The standard InChI is InChI=1S/C11H17N7OS/c1-5-12-8-14-9(19-6(2)3)16-10(15-8)20-11-13-7(4)17-18-11/h6H,5H2,1-4H3,(H,13,17,18)(H,12,14,15,16).